The lowest BCUT2D eigenvalue weighted by Crippen LogP contribution is -2.19. The van der Waals surface area contributed by atoms with Crippen molar-refractivity contribution >= 4 is 27.5 Å². The molecule has 100 valence electrons. The normalized spacial score (nSPS) is 12.4. The molecule has 0 aliphatic heterocycles. The molecule has 0 unspecified atom stereocenters. The number of halogens is 3. The van der Waals surface area contributed by atoms with Crippen LogP contribution in [-0.2, 0) is 6.54 Å². The minimum absolute atomic E-state index is 0.0457. The Kier molecular flexibility index (Phi) is 4.97. The molecule has 2 aromatic rings. The molecule has 0 fully saturated rings. The van der Waals surface area contributed by atoms with Crippen LogP contribution in [0.4, 0.5) is 4.39 Å². The van der Waals surface area contributed by atoms with Crippen LogP contribution in [0.15, 0.2) is 46.9 Å². The minimum atomic E-state index is -0.181. The Morgan fingerprint density at radius 3 is 2.68 bits per heavy atom. The molecule has 0 bridgehead atoms. The SMILES string of the molecule is C[C@@H](NCc1ccc(Cl)c(Br)c1)c1ccccc1F. The first kappa shape index (κ1) is 14.5. The fourth-order valence-electron chi connectivity index (χ4n) is 1.86. The summed E-state index contributed by atoms with van der Waals surface area (Å²) >= 11 is 9.33. The van der Waals surface area contributed by atoms with Crippen LogP contribution in [0.3, 0.4) is 0 Å². The summed E-state index contributed by atoms with van der Waals surface area (Å²) in [7, 11) is 0. The van der Waals surface area contributed by atoms with E-state index in [9.17, 15) is 4.39 Å². The standard InChI is InChI=1S/C15H14BrClFN/c1-10(12-4-2-3-5-15(12)18)19-9-11-6-7-14(17)13(16)8-11/h2-8,10,19H,9H2,1H3/t10-/m1/s1. The van der Waals surface area contributed by atoms with Crippen LogP contribution in [0.2, 0.25) is 5.02 Å². The lowest BCUT2D eigenvalue weighted by Gasteiger charge is -2.15. The summed E-state index contributed by atoms with van der Waals surface area (Å²) in [6.45, 7) is 2.61. The third kappa shape index (κ3) is 3.78. The number of hydrogen-bond donors (Lipinski definition) is 1. The van der Waals surface area contributed by atoms with E-state index in [2.05, 4.69) is 21.2 Å². The highest BCUT2D eigenvalue weighted by molar-refractivity contribution is 9.10. The molecule has 2 rings (SSSR count). The fourth-order valence-corrected chi connectivity index (χ4v) is 2.40. The van der Waals surface area contributed by atoms with Gasteiger partial charge in [0.25, 0.3) is 0 Å². The molecule has 1 atom stereocenters. The van der Waals surface area contributed by atoms with Gasteiger partial charge < -0.3 is 5.32 Å². The van der Waals surface area contributed by atoms with Crippen LogP contribution in [0.5, 0.6) is 0 Å². The van der Waals surface area contributed by atoms with Crippen LogP contribution in [0.1, 0.15) is 24.1 Å². The van der Waals surface area contributed by atoms with Crippen molar-refractivity contribution in [2.75, 3.05) is 0 Å². The van der Waals surface area contributed by atoms with E-state index >= 15 is 0 Å². The van der Waals surface area contributed by atoms with Gasteiger partial charge in [0.1, 0.15) is 5.82 Å². The van der Waals surface area contributed by atoms with Gasteiger partial charge in [0.15, 0.2) is 0 Å². The Hall–Kier alpha value is -0.900. The molecule has 4 heteroatoms. The highest BCUT2D eigenvalue weighted by atomic mass is 79.9. The number of benzene rings is 2. The van der Waals surface area contributed by atoms with E-state index in [0.29, 0.717) is 17.1 Å². The van der Waals surface area contributed by atoms with Gasteiger partial charge in [0.2, 0.25) is 0 Å². The van der Waals surface area contributed by atoms with Gasteiger partial charge in [-0.15, -0.1) is 0 Å². The Morgan fingerprint density at radius 1 is 1.26 bits per heavy atom. The highest BCUT2D eigenvalue weighted by Gasteiger charge is 2.09. The first-order valence-corrected chi connectivity index (χ1v) is 7.17. The molecule has 0 heterocycles. The molecule has 0 aromatic heterocycles. The molecule has 1 N–H and O–H groups in total. The van der Waals surface area contributed by atoms with Crippen molar-refractivity contribution in [1.29, 1.82) is 0 Å². The number of nitrogens with one attached hydrogen (secondary N) is 1. The van der Waals surface area contributed by atoms with Gasteiger partial charge in [0.05, 0.1) is 5.02 Å². The summed E-state index contributed by atoms with van der Waals surface area (Å²) < 4.78 is 14.5. The van der Waals surface area contributed by atoms with Gasteiger partial charge in [0, 0.05) is 22.6 Å². The van der Waals surface area contributed by atoms with Crippen molar-refractivity contribution in [2.45, 2.75) is 19.5 Å². The Bertz CT molecular complexity index is 574. The fraction of sp³-hybridized carbons (Fsp3) is 0.200. The predicted molar refractivity (Wildman–Crippen MR) is 80.8 cm³/mol. The molecule has 1 nitrogen and oxygen atoms in total. The van der Waals surface area contributed by atoms with Crippen molar-refractivity contribution in [1.82, 2.24) is 5.32 Å². The van der Waals surface area contributed by atoms with Crippen LogP contribution in [-0.4, -0.2) is 0 Å². The van der Waals surface area contributed by atoms with E-state index in [1.165, 1.54) is 6.07 Å². The lowest BCUT2D eigenvalue weighted by molar-refractivity contribution is 0.528. The van der Waals surface area contributed by atoms with Gasteiger partial charge in [-0.1, -0.05) is 35.9 Å². The van der Waals surface area contributed by atoms with E-state index in [-0.39, 0.29) is 11.9 Å². The quantitative estimate of drug-likeness (QED) is 0.816. The first-order valence-electron chi connectivity index (χ1n) is 5.99. The van der Waals surface area contributed by atoms with Crippen molar-refractivity contribution in [2.24, 2.45) is 0 Å². The minimum Gasteiger partial charge on any atom is -0.306 e. The van der Waals surface area contributed by atoms with Crippen molar-refractivity contribution in [3.8, 4) is 0 Å². The first-order chi connectivity index (χ1) is 9.08. The maximum absolute atomic E-state index is 13.6. The molecule has 0 aliphatic carbocycles. The zero-order valence-corrected chi connectivity index (χ0v) is 12.8. The van der Waals surface area contributed by atoms with Crippen molar-refractivity contribution in [3.05, 3.63) is 68.9 Å². The molecule has 0 amide bonds. The average Bonchev–Trinajstić information content (AvgIpc) is 2.40. The second-order valence-electron chi connectivity index (χ2n) is 4.37. The predicted octanol–water partition coefficient (Wildman–Crippen LogP) is 5.09. The average molecular weight is 343 g/mol. The maximum Gasteiger partial charge on any atom is 0.127 e. The van der Waals surface area contributed by atoms with E-state index in [1.807, 2.05) is 31.2 Å². The van der Waals surface area contributed by atoms with Gasteiger partial charge in [-0.05, 0) is 46.6 Å². The lowest BCUT2D eigenvalue weighted by atomic mass is 10.1. The monoisotopic (exact) mass is 341 g/mol. The molecular formula is C15H14BrClFN. The summed E-state index contributed by atoms with van der Waals surface area (Å²) in [5, 5.41) is 3.98. The zero-order valence-electron chi connectivity index (χ0n) is 10.5. The smallest absolute Gasteiger partial charge is 0.127 e. The molecule has 2 aromatic carbocycles. The second kappa shape index (κ2) is 6.51. The summed E-state index contributed by atoms with van der Waals surface area (Å²) in [6, 6.07) is 12.5. The molecule has 0 saturated carbocycles. The van der Waals surface area contributed by atoms with E-state index in [4.69, 9.17) is 11.6 Å². The Labute approximate surface area is 125 Å². The molecular weight excluding hydrogens is 329 g/mol. The van der Waals surface area contributed by atoms with Gasteiger partial charge in [-0.25, -0.2) is 4.39 Å². The molecule has 0 radical (unpaired) electrons. The van der Waals surface area contributed by atoms with E-state index in [1.54, 1.807) is 12.1 Å². The van der Waals surface area contributed by atoms with Crippen molar-refractivity contribution in [3.63, 3.8) is 0 Å². The van der Waals surface area contributed by atoms with E-state index in [0.717, 1.165) is 10.0 Å². The summed E-state index contributed by atoms with van der Waals surface area (Å²) in [5.41, 5.74) is 1.77. The third-order valence-electron chi connectivity index (χ3n) is 2.97. The molecule has 0 spiro atoms. The van der Waals surface area contributed by atoms with Crippen LogP contribution < -0.4 is 5.32 Å². The molecule has 19 heavy (non-hydrogen) atoms. The summed E-state index contributed by atoms with van der Waals surface area (Å²) in [6.07, 6.45) is 0. The van der Waals surface area contributed by atoms with E-state index < -0.39 is 0 Å². The maximum atomic E-state index is 13.6. The van der Waals surface area contributed by atoms with Crippen LogP contribution in [0.25, 0.3) is 0 Å². The Morgan fingerprint density at radius 2 is 2.00 bits per heavy atom. The third-order valence-corrected chi connectivity index (χ3v) is 4.18. The largest absolute Gasteiger partial charge is 0.306 e. The zero-order chi connectivity index (χ0) is 13.8. The molecule has 0 saturated heterocycles. The molecule has 0 aliphatic rings. The summed E-state index contributed by atoms with van der Waals surface area (Å²) in [4.78, 5) is 0. The van der Waals surface area contributed by atoms with Gasteiger partial charge in [-0.2, -0.15) is 0 Å². The highest BCUT2D eigenvalue weighted by Crippen LogP contribution is 2.23. The summed E-state index contributed by atoms with van der Waals surface area (Å²) in [5.74, 6) is -0.181. The van der Waals surface area contributed by atoms with Crippen molar-refractivity contribution < 1.29 is 4.39 Å². The Balaban J connectivity index is 2.02. The second-order valence-corrected chi connectivity index (χ2v) is 5.63. The van der Waals surface area contributed by atoms with Crippen LogP contribution in [0, 0.1) is 5.82 Å². The number of hydrogen-bond acceptors (Lipinski definition) is 1. The topological polar surface area (TPSA) is 12.0 Å². The van der Waals surface area contributed by atoms with Crippen LogP contribution >= 0.6 is 27.5 Å². The van der Waals surface area contributed by atoms with Gasteiger partial charge >= 0.3 is 0 Å². The number of rotatable bonds is 4. The van der Waals surface area contributed by atoms with Gasteiger partial charge in [-0.3, -0.25) is 0 Å².